The summed E-state index contributed by atoms with van der Waals surface area (Å²) in [6.07, 6.45) is -3.65. The molecular formula is C10H7F3N2O3. The van der Waals surface area contributed by atoms with Crippen LogP contribution in [0.4, 0.5) is 13.2 Å². The number of hydrogen-bond acceptors (Lipinski definition) is 4. The number of methoxy groups -OCH3 is 1. The highest BCUT2D eigenvalue weighted by molar-refractivity contribution is 6.03. The average Bonchev–Trinajstić information content (AvgIpc) is 2.76. The number of alkyl halides is 3. The van der Waals surface area contributed by atoms with Crippen LogP contribution in [0.25, 0.3) is 11.0 Å². The summed E-state index contributed by atoms with van der Waals surface area (Å²) in [5.74, 6) is -1.16. The summed E-state index contributed by atoms with van der Waals surface area (Å²) in [6.45, 7) is 0. The highest BCUT2D eigenvalue weighted by Crippen LogP contribution is 2.30. The Morgan fingerprint density at radius 1 is 1.39 bits per heavy atom. The number of nitrogens with one attached hydrogen (secondary N) is 1. The molecule has 0 unspecified atom stereocenters. The highest BCUT2D eigenvalue weighted by atomic mass is 19.4. The van der Waals surface area contributed by atoms with Crippen molar-refractivity contribution in [2.45, 2.75) is 6.36 Å². The fraction of sp³-hybridized carbons (Fsp3) is 0.200. The predicted octanol–water partition coefficient (Wildman–Crippen LogP) is 2.25. The van der Waals surface area contributed by atoms with Gasteiger partial charge in [0, 0.05) is 0 Å². The summed E-state index contributed by atoms with van der Waals surface area (Å²) in [7, 11) is 1.17. The van der Waals surface area contributed by atoms with Crippen molar-refractivity contribution in [3.8, 4) is 5.75 Å². The number of halogens is 3. The smallest absolute Gasteiger partial charge is 0.465 e. The van der Waals surface area contributed by atoms with Crippen molar-refractivity contribution < 1.29 is 27.4 Å². The Morgan fingerprint density at radius 2 is 2.11 bits per heavy atom. The number of aromatic nitrogens is 2. The van der Waals surface area contributed by atoms with Crippen LogP contribution < -0.4 is 4.74 Å². The quantitative estimate of drug-likeness (QED) is 0.841. The first kappa shape index (κ1) is 12.2. The Bertz CT molecular complexity index is 592. The van der Waals surface area contributed by atoms with Gasteiger partial charge in [0.15, 0.2) is 5.75 Å². The minimum Gasteiger partial charge on any atom is -0.465 e. The van der Waals surface area contributed by atoms with Gasteiger partial charge in [-0.05, 0) is 12.1 Å². The third-order valence-electron chi connectivity index (χ3n) is 2.17. The molecule has 0 radical (unpaired) electrons. The van der Waals surface area contributed by atoms with Crippen LogP contribution in [0, 0.1) is 0 Å². The molecule has 1 aromatic heterocycles. The molecular weight excluding hydrogens is 253 g/mol. The zero-order valence-corrected chi connectivity index (χ0v) is 9.04. The Labute approximate surface area is 98.5 Å². The van der Waals surface area contributed by atoms with Crippen molar-refractivity contribution >= 4 is 17.0 Å². The van der Waals surface area contributed by atoms with Gasteiger partial charge in [-0.15, -0.1) is 13.2 Å². The summed E-state index contributed by atoms with van der Waals surface area (Å²) in [4.78, 5) is 17.7. The van der Waals surface area contributed by atoms with Gasteiger partial charge in [0.05, 0.1) is 24.5 Å². The zero-order valence-electron chi connectivity index (χ0n) is 9.04. The lowest BCUT2D eigenvalue weighted by Crippen LogP contribution is -2.17. The van der Waals surface area contributed by atoms with Gasteiger partial charge in [-0.25, -0.2) is 9.78 Å². The molecule has 0 aliphatic heterocycles. The van der Waals surface area contributed by atoms with Gasteiger partial charge < -0.3 is 14.5 Å². The molecule has 0 spiro atoms. The van der Waals surface area contributed by atoms with Gasteiger partial charge in [-0.2, -0.15) is 0 Å². The molecule has 0 aliphatic carbocycles. The Hall–Kier alpha value is -2.25. The maximum atomic E-state index is 12.1. The number of benzene rings is 1. The Morgan fingerprint density at radius 3 is 2.72 bits per heavy atom. The summed E-state index contributed by atoms with van der Waals surface area (Å²) in [6, 6.07) is 2.19. The molecule has 0 aliphatic rings. The summed E-state index contributed by atoms with van der Waals surface area (Å²) >= 11 is 0. The second-order valence-corrected chi connectivity index (χ2v) is 3.28. The maximum Gasteiger partial charge on any atom is 0.573 e. The number of H-pyrrole nitrogens is 1. The van der Waals surface area contributed by atoms with E-state index in [-0.39, 0.29) is 16.6 Å². The number of esters is 1. The molecule has 2 rings (SSSR count). The number of aromatic amines is 1. The van der Waals surface area contributed by atoms with Crippen molar-refractivity contribution in [3.05, 3.63) is 24.0 Å². The fourth-order valence-electron chi connectivity index (χ4n) is 1.49. The number of fused-ring (bicyclic) bond motifs is 1. The van der Waals surface area contributed by atoms with Crippen molar-refractivity contribution in [1.29, 1.82) is 0 Å². The standard InChI is InChI=1S/C10H7F3N2O3/c1-17-9(16)5-2-3-6(18-10(11,12)13)8-7(5)14-4-15-8/h2-4H,1H3,(H,14,15). The molecule has 0 amide bonds. The zero-order chi connectivity index (χ0) is 13.3. The molecule has 1 heterocycles. The van der Waals surface area contributed by atoms with E-state index in [1.807, 2.05) is 0 Å². The molecule has 0 bridgehead atoms. The third-order valence-corrected chi connectivity index (χ3v) is 2.17. The number of ether oxygens (including phenoxy) is 2. The first-order valence-corrected chi connectivity index (χ1v) is 4.72. The number of nitrogens with zero attached hydrogens (tertiary/aromatic N) is 1. The van der Waals surface area contributed by atoms with Gasteiger partial charge in [0.1, 0.15) is 5.52 Å². The summed E-state index contributed by atoms with van der Waals surface area (Å²) < 4.78 is 44.8. The minimum absolute atomic E-state index is 0.0829. The Kier molecular flexibility index (Phi) is 2.85. The Balaban J connectivity index is 2.54. The van der Waals surface area contributed by atoms with E-state index in [1.54, 1.807) is 0 Å². The fourth-order valence-corrected chi connectivity index (χ4v) is 1.49. The van der Waals surface area contributed by atoms with Crippen molar-refractivity contribution in [2.24, 2.45) is 0 Å². The minimum atomic E-state index is -4.82. The molecule has 18 heavy (non-hydrogen) atoms. The van der Waals surface area contributed by atoms with Crippen molar-refractivity contribution in [3.63, 3.8) is 0 Å². The van der Waals surface area contributed by atoms with Gasteiger partial charge in [-0.1, -0.05) is 0 Å². The van der Waals surface area contributed by atoms with E-state index < -0.39 is 18.1 Å². The SMILES string of the molecule is COC(=O)c1ccc(OC(F)(F)F)c2nc[nH]c12. The molecule has 1 N–H and O–H groups in total. The van der Waals surface area contributed by atoms with E-state index in [9.17, 15) is 18.0 Å². The van der Waals surface area contributed by atoms with Crippen LogP contribution in [0.2, 0.25) is 0 Å². The van der Waals surface area contributed by atoms with Gasteiger partial charge >= 0.3 is 12.3 Å². The second kappa shape index (κ2) is 4.21. The predicted molar refractivity (Wildman–Crippen MR) is 54.1 cm³/mol. The molecule has 8 heteroatoms. The second-order valence-electron chi connectivity index (χ2n) is 3.28. The van der Waals surface area contributed by atoms with Crippen LogP contribution >= 0.6 is 0 Å². The number of carbonyl (C=O) groups excluding carboxylic acids is 1. The van der Waals surface area contributed by atoms with Crippen molar-refractivity contribution in [1.82, 2.24) is 9.97 Å². The summed E-state index contributed by atoms with van der Waals surface area (Å²) in [5.41, 5.74) is 0.123. The van der Waals surface area contributed by atoms with Gasteiger partial charge in [0.25, 0.3) is 0 Å². The first-order valence-electron chi connectivity index (χ1n) is 4.72. The lowest BCUT2D eigenvalue weighted by molar-refractivity contribution is -0.274. The number of rotatable bonds is 2. The van der Waals surface area contributed by atoms with Crippen molar-refractivity contribution in [2.75, 3.05) is 7.11 Å². The molecule has 0 saturated carbocycles. The largest absolute Gasteiger partial charge is 0.573 e. The van der Waals surface area contributed by atoms with E-state index in [0.29, 0.717) is 0 Å². The first-order chi connectivity index (χ1) is 8.42. The van der Waals surface area contributed by atoms with E-state index in [4.69, 9.17) is 0 Å². The number of imidazole rings is 1. The lowest BCUT2D eigenvalue weighted by Gasteiger charge is -2.10. The number of carbonyl (C=O) groups is 1. The van der Waals surface area contributed by atoms with Crippen LogP contribution in [-0.4, -0.2) is 29.4 Å². The van der Waals surface area contributed by atoms with Crippen LogP contribution in [0.3, 0.4) is 0 Å². The third kappa shape index (κ3) is 2.22. The van der Waals surface area contributed by atoms with Crippen LogP contribution in [0.5, 0.6) is 5.75 Å². The molecule has 0 saturated heterocycles. The van der Waals surface area contributed by atoms with Crippen LogP contribution in [0.15, 0.2) is 18.5 Å². The van der Waals surface area contributed by atoms with Gasteiger partial charge in [-0.3, -0.25) is 0 Å². The summed E-state index contributed by atoms with van der Waals surface area (Å²) in [5, 5.41) is 0. The normalized spacial score (nSPS) is 11.6. The van der Waals surface area contributed by atoms with Gasteiger partial charge in [0.2, 0.25) is 0 Å². The molecule has 1 aromatic carbocycles. The van der Waals surface area contributed by atoms with E-state index in [1.165, 1.54) is 19.5 Å². The maximum absolute atomic E-state index is 12.1. The van der Waals surface area contributed by atoms with Crippen LogP contribution in [0.1, 0.15) is 10.4 Å². The topological polar surface area (TPSA) is 64.2 Å². The van der Waals surface area contributed by atoms with E-state index in [0.717, 1.165) is 6.07 Å². The molecule has 0 fully saturated rings. The molecule has 0 atom stereocenters. The van der Waals surface area contributed by atoms with E-state index >= 15 is 0 Å². The number of hydrogen-bond donors (Lipinski definition) is 1. The van der Waals surface area contributed by atoms with Crippen LogP contribution in [-0.2, 0) is 4.74 Å². The molecule has 2 aromatic rings. The molecule has 5 nitrogen and oxygen atoms in total. The monoisotopic (exact) mass is 260 g/mol. The highest BCUT2D eigenvalue weighted by Gasteiger charge is 2.32. The lowest BCUT2D eigenvalue weighted by atomic mass is 10.1. The van der Waals surface area contributed by atoms with E-state index in [2.05, 4.69) is 19.4 Å². The average molecular weight is 260 g/mol. The molecule has 96 valence electrons.